The van der Waals surface area contributed by atoms with Crippen molar-refractivity contribution in [3.63, 3.8) is 0 Å². The van der Waals surface area contributed by atoms with Gasteiger partial charge in [0.25, 0.3) is 0 Å². The lowest BCUT2D eigenvalue weighted by Crippen LogP contribution is -3.61. The molecule has 0 unspecified atom stereocenters. The standard InChI is InChI=1S/C55H64IO9/c1-53(2,3)37-7-9-42(10-8-37)56-43-29-48(62-46-15-11-44(12-16-46)60-31-50(57)64-54(4)38-21-33-19-34(23-38)24-39(54)22-33)52(59-6)49(30-43)63-47-17-13-45(14-18-47)61-32-51(58)65-55(5)40-25-35-20-36(27-40)28-41(55)26-35/h7-18,29-30,33-36,38-41H,19-28,31-32H2,1-6H3/q+1. The summed E-state index contributed by atoms with van der Waals surface area (Å²) < 4.78 is 45.7. The summed E-state index contributed by atoms with van der Waals surface area (Å²) in [7, 11) is 1.61. The molecule has 0 saturated heterocycles. The van der Waals surface area contributed by atoms with Crippen LogP contribution in [0.15, 0.2) is 84.9 Å². The first-order valence-electron chi connectivity index (χ1n) is 23.9. The first-order chi connectivity index (χ1) is 31.2. The summed E-state index contributed by atoms with van der Waals surface area (Å²) in [4.78, 5) is 26.3. The fraction of sp³-hybridized carbons (Fsp3) is 0.527. The topological polar surface area (TPSA) is 98.8 Å². The number of ether oxygens (including phenoxy) is 7. The lowest BCUT2D eigenvalue weighted by Gasteiger charge is -2.59. The Morgan fingerprint density at radius 1 is 0.538 bits per heavy atom. The van der Waals surface area contributed by atoms with Gasteiger partial charge in [-0.2, -0.15) is 0 Å². The molecular weight excluding hydrogens is 931 g/mol. The van der Waals surface area contributed by atoms with Crippen LogP contribution in [0.3, 0.4) is 0 Å². The van der Waals surface area contributed by atoms with Gasteiger partial charge >= 0.3 is 33.1 Å². The van der Waals surface area contributed by atoms with Crippen molar-refractivity contribution in [2.24, 2.45) is 47.3 Å². The minimum Gasteiger partial charge on any atom is -0.490 e. The fourth-order valence-corrected chi connectivity index (χ4v) is 15.3. The molecule has 8 aliphatic rings. The Morgan fingerprint density at radius 2 is 0.908 bits per heavy atom. The molecule has 0 N–H and O–H groups in total. The maximum Gasteiger partial charge on any atom is 0.358 e. The molecule has 12 rings (SSSR count). The molecule has 0 radical (unpaired) electrons. The molecule has 8 saturated carbocycles. The Balaban J connectivity index is 0.804. The van der Waals surface area contributed by atoms with Crippen LogP contribution in [-0.4, -0.2) is 43.5 Å². The molecule has 8 aliphatic carbocycles. The minimum absolute atomic E-state index is 0.0616. The molecule has 0 aliphatic heterocycles. The second-order valence-electron chi connectivity index (χ2n) is 21.4. The highest BCUT2D eigenvalue weighted by atomic mass is 127. The molecule has 4 aromatic rings. The van der Waals surface area contributed by atoms with Crippen molar-refractivity contribution in [3.8, 4) is 40.2 Å². The quantitative estimate of drug-likeness (QED) is 0.0855. The second-order valence-corrected chi connectivity index (χ2v) is 24.5. The third-order valence-electron chi connectivity index (χ3n) is 16.1. The number of benzene rings is 4. The van der Waals surface area contributed by atoms with Gasteiger partial charge in [-0.1, -0.05) is 32.9 Å². The molecule has 0 aromatic heterocycles. The van der Waals surface area contributed by atoms with E-state index in [0.29, 0.717) is 63.9 Å². The van der Waals surface area contributed by atoms with Gasteiger partial charge in [0.2, 0.25) is 9.32 Å². The summed E-state index contributed by atoms with van der Waals surface area (Å²) in [6.07, 6.45) is 12.1. The van der Waals surface area contributed by atoms with Crippen molar-refractivity contribution >= 4 is 11.9 Å². The van der Waals surface area contributed by atoms with Crippen molar-refractivity contribution in [1.82, 2.24) is 0 Å². The van der Waals surface area contributed by atoms with Gasteiger partial charge in [0.1, 0.15) is 34.2 Å². The fourth-order valence-electron chi connectivity index (χ4n) is 13.0. The van der Waals surface area contributed by atoms with E-state index in [1.54, 1.807) is 31.4 Å². The van der Waals surface area contributed by atoms with E-state index in [0.717, 1.165) is 27.2 Å². The maximum atomic E-state index is 13.1. The molecule has 0 spiro atoms. The van der Waals surface area contributed by atoms with Crippen LogP contribution in [0.5, 0.6) is 40.2 Å². The Hall–Kier alpha value is -4.45. The third-order valence-corrected chi connectivity index (χ3v) is 18.7. The second kappa shape index (κ2) is 17.6. The van der Waals surface area contributed by atoms with Crippen LogP contribution in [0, 0.1) is 54.5 Å². The molecule has 0 atom stereocenters. The lowest BCUT2D eigenvalue weighted by molar-refractivity contribution is -0.597. The van der Waals surface area contributed by atoms with Gasteiger partial charge in [0, 0.05) is 12.1 Å². The zero-order chi connectivity index (χ0) is 45.1. The number of carbonyl (C=O) groups is 2. The van der Waals surface area contributed by atoms with E-state index in [9.17, 15) is 9.59 Å². The van der Waals surface area contributed by atoms with Crippen LogP contribution in [-0.2, 0) is 24.5 Å². The van der Waals surface area contributed by atoms with E-state index in [2.05, 4.69) is 58.9 Å². The minimum atomic E-state index is -0.631. The molecule has 10 heteroatoms. The van der Waals surface area contributed by atoms with Crippen LogP contribution >= 0.6 is 0 Å². The average molecular weight is 996 g/mol. The summed E-state index contributed by atoms with van der Waals surface area (Å²) in [5.41, 5.74) is 0.574. The SMILES string of the molecule is COc1c(Oc2ccc(OCC(=O)OC3(C)C4CC5CC(C4)CC3C5)cc2)cc([I+]c2ccc(C(C)(C)C)cc2)cc1Oc1ccc(OCC(=O)OC2(C)C3CC4CC(C3)CC2C4)cc1. The Labute approximate surface area is 394 Å². The molecule has 0 amide bonds. The monoisotopic (exact) mass is 995 g/mol. The predicted octanol–water partition coefficient (Wildman–Crippen LogP) is 8.98. The van der Waals surface area contributed by atoms with Gasteiger partial charge in [-0.3, -0.25) is 0 Å². The number of carbonyl (C=O) groups excluding carboxylic acids is 2. The van der Waals surface area contributed by atoms with Crippen LogP contribution in [0.1, 0.15) is 104 Å². The van der Waals surface area contributed by atoms with E-state index in [1.807, 2.05) is 36.4 Å². The van der Waals surface area contributed by atoms with Gasteiger partial charge in [-0.05, 0) is 197 Å². The molecule has 9 nitrogen and oxygen atoms in total. The molecule has 344 valence electrons. The number of halogens is 1. The van der Waals surface area contributed by atoms with E-state index >= 15 is 0 Å². The summed E-state index contributed by atoms with van der Waals surface area (Å²) >= 11 is -0.631. The zero-order valence-electron chi connectivity index (χ0n) is 38.7. The van der Waals surface area contributed by atoms with Gasteiger partial charge in [0.15, 0.2) is 28.3 Å². The average Bonchev–Trinajstić information content (AvgIpc) is 3.26. The molecular formula is C55H64IO9+. The van der Waals surface area contributed by atoms with Crippen molar-refractivity contribution in [2.75, 3.05) is 20.3 Å². The summed E-state index contributed by atoms with van der Waals surface area (Å²) in [6, 6.07) is 27.4. The Morgan fingerprint density at radius 3 is 1.26 bits per heavy atom. The maximum absolute atomic E-state index is 13.1. The largest absolute Gasteiger partial charge is 0.490 e. The summed E-state index contributed by atoms with van der Waals surface area (Å²) in [6.45, 7) is 10.7. The van der Waals surface area contributed by atoms with E-state index < -0.39 is 21.2 Å². The summed E-state index contributed by atoms with van der Waals surface area (Å²) in [5, 5.41) is 0. The Bertz CT molecular complexity index is 2180. The summed E-state index contributed by atoms with van der Waals surface area (Å²) in [5.74, 6) is 8.17. The van der Waals surface area contributed by atoms with Crippen LogP contribution in [0.25, 0.3) is 0 Å². The smallest absolute Gasteiger partial charge is 0.358 e. The first kappa shape index (κ1) is 44.4. The number of esters is 2. The van der Waals surface area contributed by atoms with Crippen LogP contribution in [0.4, 0.5) is 0 Å². The van der Waals surface area contributed by atoms with Gasteiger partial charge in [0.05, 0.1) is 7.11 Å². The van der Waals surface area contributed by atoms with Gasteiger partial charge < -0.3 is 33.2 Å². The highest BCUT2D eigenvalue weighted by Gasteiger charge is 2.58. The van der Waals surface area contributed by atoms with Crippen LogP contribution in [0.2, 0.25) is 0 Å². The lowest BCUT2D eigenvalue weighted by atomic mass is 9.50. The highest BCUT2D eigenvalue weighted by Crippen LogP contribution is 2.60. The van der Waals surface area contributed by atoms with E-state index in [1.165, 1.54) is 73.3 Å². The number of hydrogen-bond acceptors (Lipinski definition) is 9. The zero-order valence-corrected chi connectivity index (χ0v) is 40.9. The predicted molar refractivity (Wildman–Crippen MR) is 243 cm³/mol. The normalized spacial score (nSPS) is 30.4. The van der Waals surface area contributed by atoms with Gasteiger partial charge in [-0.25, -0.2) is 9.59 Å². The number of hydrogen-bond donors (Lipinski definition) is 0. The first-order valence-corrected chi connectivity index (χ1v) is 26.1. The van der Waals surface area contributed by atoms with Crippen molar-refractivity contribution in [3.05, 3.63) is 97.6 Å². The van der Waals surface area contributed by atoms with E-state index in [-0.39, 0.29) is 41.8 Å². The third kappa shape index (κ3) is 9.31. The molecule has 8 fully saturated rings. The van der Waals surface area contributed by atoms with Gasteiger partial charge in [-0.15, -0.1) is 0 Å². The van der Waals surface area contributed by atoms with Crippen LogP contribution < -0.4 is 44.9 Å². The van der Waals surface area contributed by atoms with Crippen molar-refractivity contribution in [2.45, 2.75) is 115 Å². The van der Waals surface area contributed by atoms with E-state index in [4.69, 9.17) is 33.2 Å². The molecule has 4 aromatic carbocycles. The molecule has 0 heterocycles. The van der Waals surface area contributed by atoms with Crippen molar-refractivity contribution in [1.29, 1.82) is 0 Å². The molecule has 8 bridgehead atoms. The highest BCUT2D eigenvalue weighted by molar-refractivity contribution is 5.72. The Kier molecular flexibility index (Phi) is 12.1. The number of rotatable bonds is 15. The molecule has 65 heavy (non-hydrogen) atoms. The number of methoxy groups -OCH3 is 1. The van der Waals surface area contributed by atoms with Crippen molar-refractivity contribution < 1.29 is 64.0 Å².